The Morgan fingerprint density at radius 2 is 2.11 bits per heavy atom. The van der Waals surface area contributed by atoms with Crippen LogP contribution in [0.15, 0.2) is 18.2 Å². The van der Waals surface area contributed by atoms with Crippen LogP contribution in [0.2, 0.25) is 0 Å². The van der Waals surface area contributed by atoms with E-state index in [-0.39, 0.29) is 5.91 Å². The molecule has 0 radical (unpaired) electrons. The third-order valence-corrected chi connectivity index (χ3v) is 4.10. The van der Waals surface area contributed by atoms with E-state index in [4.69, 9.17) is 0 Å². The van der Waals surface area contributed by atoms with Crippen LogP contribution in [-0.2, 0) is 0 Å². The number of nitrogens with zero attached hydrogens (tertiary/aromatic N) is 1. The number of carbonyl (C=O) groups is 1. The Balaban J connectivity index is 1.91. The van der Waals surface area contributed by atoms with Gasteiger partial charge in [-0.3, -0.25) is 4.79 Å². The van der Waals surface area contributed by atoms with E-state index in [2.05, 4.69) is 17.6 Å². The first-order chi connectivity index (χ1) is 9.27. The largest absolute Gasteiger partial charge is 0.382 e. The summed E-state index contributed by atoms with van der Waals surface area (Å²) in [6.45, 7) is 4.81. The maximum atomic E-state index is 12.7. The topological polar surface area (TPSA) is 44.4 Å². The third-order valence-electron chi connectivity index (χ3n) is 4.10. The number of para-hydroxylation sites is 1. The average molecular weight is 259 g/mol. The molecule has 1 fully saturated rings. The lowest BCUT2D eigenvalue weighted by Crippen LogP contribution is -2.42. The first kappa shape index (κ1) is 12.3. The molecule has 3 rings (SSSR count). The van der Waals surface area contributed by atoms with Crippen LogP contribution in [0.1, 0.15) is 36.5 Å². The highest BCUT2D eigenvalue weighted by molar-refractivity contribution is 6.03. The Hall–Kier alpha value is -1.71. The van der Waals surface area contributed by atoms with Gasteiger partial charge in [-0.25, -0.2) is 0 Å². The van der Waals surface area contributed by atoms with Crippen LogP contribution in [0.4, 0.5) is 11.4 Å². The molecular weight excluding hydrogens is 238 g/mol. The van der Waals surface area contributed by atoms with Crippen LogP contribution >= 0.6 is 0 Å². The fraction of sp³-hybridized carbons (Fsp3) is 0.533. The predicted octanol–water partition coefficient (Wildman–Crippen LogP) is 2.54. The van der Waals surface area contributed by atoms with Gasteiger partial charge >= 0.3 is 0 Å². The molecule has 2 aliphatic rings. The van der Waals surface area contributed by atoms with E-state index in [0.717, 1.165) is 49.4 Å². The minimum Gasteiger partial charge on any atom is -0.382 e. The van der Waals surface area contributed by atoms with Gasteiger partial charge in [-0.15, -0.1) is 0 Å². The summed E-state index contributed by atoms with van der Waals surface area (Å²) >= 11 is 0. The number of hydrogen-bond donors (Lipinski definition) is 2. The molecule has 0 saturated carbocycles. The normalized spacial score (nSPS) is 22.2. The van der Waals surface area contributed by atoms with Gasteiger partial charge in [0, 0.05) is 25.7 Å². The first-order valence-corrected chi connectivity index (χ1v) is 7.19. The minimum absolute atomic E-state index is 0.167. The molecule has 0 spiro atoms. The molecule has 1 unspecified atom stereocenters. The van der Waals surface area contributed by atoms with Crippen molar-refractivity contribution in [2.75, 3.05) is 30.3 Å². The zero-order valence-corrected chi connectivity index (χ0v) is 11.4. The summed E-state index contributed by atoms with van der Waals surface area (Å²) < 4.78 is 0. The second kappa shape index (κ2) is 5.11. The molecule has 1 aromatic rings. The molecule has 0 aromatic heterocycles. The van der Waals surface area contributed by atoms with Crippen molar-refractivity contribution in [1.82, 2.24) is 4.90 Å². The van der Waals surface area contributed by atoms with Crippen molar-refractivity contribution in [3.8, 4) is 0 Å². The van der Waals surface area contributed by atoms with Gasteiger partial charge in [-0.2, -0.15) is 0 Å². The first-order valence-electron chi connectivity index (χ1n) is 7.19. The van der Waals surface area contributed by atoms with Gasteiger partial charge in [0.05, 0.1) is 16.9 Å². The maximum Gasteiger partial charge on any atom is 0.256 e. The Morgan fingerprint density at radius 3 is 2.95 bits per heavy atom. The van der Waals surface area contributed by atoms with Crippen LogP contribution in [0, 0.1) is 0 Å². The van der Waals surface area contributed by atoms with Gasteiger partial charge < -0.3 is 15.5 Å². The molecule has 1 aromatic carbocycles. The summed E-state index contributed by atoms with van der Waals surface area (Å²) in [5.41, 5.74) is 2.82. The van der Waals surface area contributed by atoms with E-state index in [1.807, 2.05) is 23.1 Å². The van der Waals surface area contributed by atoms with E-state index >= 15 is 0 Å². The average Bonchev–Trinajstić information content (AvgIpc) is 2.46. The lowest BCUT2D eigenvalue weighted by Gasteiger charge is -2.34. The number of amides is 1. The number of benzene rings is 1. The summed E-state index contributed by atoms with van der Waals surface area (Å²) in [5.74, 6) is 0.167. The van der Waals surface area contributed by atoms with Crippen molar-refractivity contribution in [3.05, 3.63) is 23.8 Å². The lowest BCUT2D eigenvalue weighted by molar-refractivity contribution is 0.0636. The molecule has 1 atom stereocenters. The van der Waals surface area contributed by atoms with Crippen molar-refractivity contribution >= 4 is 17.3 Å². The molecule has 19 heavy (non-hydrogen) atoms. The van der Waals surface area contributed by atoms with Gasteiger partial charge in [0.2, 0.25) is 0 Å². The Labute approximate surface area is 114 Å². The summed E-state index contributed by atoms with van der Waals surface area (Å²) in [6.07, 6.45) is 3.47. The third kappa shape index (κ3) is 2.27. The molecule has 1 saturated heterocycles. The van der Waals surface area contributed by atoms with Crippen LogP contribution < -0.4 is 10.6 Å². The lowest BCUT2D eigenvalue weighted by atomic mass is 10.0. The highest BCUT2D eigenvalue weighted by Crippen LogP contribution is 2.30. The minimum atomic E-state index is 0.167. The van der Waals surface area contributed by atoms with Crippen LogP contribution in [0.5, 0.6) is 0 Å². The van der Waals surface area contributed by atoms with Crippen molar-refractivity contribution in [3.63, 3.8) is 0 Å². The van der Waals surface area contributed by atoms with Crippen molar-refractivity contribution < 1.29 is 4.79 Å². The van der Waals surface area contributed by atoms with Gasteiger partial charge in [-0.1, -0.05) is 6.07 Å². The molecule has 0 aliphatic carbocycles. The summed E-state index contributed by atoms with van der Waals surface area (Å²) in [4.78, 5) is 14.8. The molecule has 4 nitrogen and oxygen atoms in total. The summed E-state index contributed by atoms with van der Waals surface area (Å²) in [7, 11) is 0. The number of fused-ring (bicyclic) bond motifs is 1. The van der Waals surface area contributed by atoms with E-state index in [1.165, 1.54) is 6.42 Å². The predicted molar refractivity (Wildman–Crippen MR) is 77.8 cm³/mol. The number of carbonyl (C=O) groups excluding carboxylic acids is 1. The Kier molecular flexibility index (Phi) is 3.32. The number of anilines is 2. The number of rotatable bonds is 1. The maximum absolute atomic E-state index is 12.7. The van der Waals surface area contributed by atoms with E-state index < -0.39 is 0 Å². The highest BCUT2D eigenvalue weighted by atomic mass is 16.2. The molecule has 2 aliphatic heterocycles. The van der Waals surface area contributed by atoms with Crippen LogP contribution in [0.3, 0.4) is 0 Å². The van der Waals surface area contributed by atoms with Gasteiger partial charge in [0.25, 0.3) is 5.91 Å². The molecule has 0 bridgehead atoms. The second-order valence-corrected chi connectivity index (χ2v) is 5.43. The SMILES string of the molecule is CC1CCCCN1C(=O)c1cccc2c1NCCN2. The molecule has 4 heteroatoms. The number of piperidine rings is 1. The van der Waals surface area contributed by atoms with E-state index in [1.54, 1.807) is 0 Å². The zero-order chi connectivity index (χ0) is 13.2. The van der Waals surface area contributed by atoms with Gasteiger partial charge in [0.15, 0.2) is 0 Å². The fourth-order valence-corrected chi connectivity index (χ4v) is 3.01. The summed E-state index contributed by atoms with van der Waals surface area (Å²) in [6, 6.07) is 6.27. The quantitative estimate of drug-likeness (QED) is 0.814. The Bertz CT molecular complexity index is 486. The molecule has 2 heterocycles. The zero-order valence-electron chi connectivity index (χ0n) is 11.4. The monoisotopic (exact) mass is 259 g/mol. The van der Waals surface area contributed by atoms with Gasteiger partial charge in [-0.05, 0) is 38.3 Å². The molecule has 2 N–H and O–H groups in total. The van der Waals surface area contributed by atoms with Gasteiger partial charge in [0.1, 0.15) is 0 Å². The van der Waals surface area contributed by atoms with Crippen LogP contribution in [0.25, 0.3) is 0 Å². The Morgan fingerprint density at radius 1 is 1.26 bits per heavy atom. The number of nitrogens with one attached hydrogen (secondary N) is 2. The smallest absolute Gasteiger partial charge is 0.256 e. The van der Waals surface area contributed by atoms with E-state index in [0.29, 0.717) is 6.04 Å². The molecular formula is C15H21N3O. The second-order valence-electron chi connectivity index (χ2n) is 5.43. The van der Waals surface area contributed by atoms with Crippen molar-refractivity contribution in [1.29, 1.82) is 0 Å². The molecule has 1 amide bonds. The summed E-state index contributed by atoms with van der Waals surface area (Å²) in [5, 5.41) is 6.69. The highest BCUT2D eigenvalue weighted by Gasteiger charge is 2.27. The number of hydrogen-bond acceptors (Lipinski definition) is 3. The van der Waals surface area contributed by atoms with E-state index in [9.17, 15) is 4.79 Å². The number of likely N-dealkylation sites (tertiary alicyclic amines) is 1. The standard InChI is InChI=1S/C15H21N3O/c1-11-5-2-3-10-18(11)15(19)12-6-4-7-13-14(12)17-9-8-16-13/h4,6-7,11,16-17H,2-3,5,8-10H2,1H3. The van der Waals surface area contributed by atoms with Crippen molar-refractivity contribution in [2.45, 2.75) is 32.2 Å². The molecule has 102 valence electrons. The van der Waals surface area contributed by atoms with Crippen molar-refractivity contribution in [2.24, 2.45) is 0 Å². The van der Waals surface area contributed by atoms with Crippen LogP contribution in [-0.4, -0.2) is 36.5 Å². The fourth-order valence-electron chi connectivity index (χ4n) is 3.01.